The topological polar surface area (TPSA) is 78.5 Å². The molecule has 0 bridgehead atoms. The molecule has 6 heteroatoms. The number of hydrogen-bond donors (Lipinski definition) is 2. The fourth-order valence-corrected chi connectivity index (χ4v) is 2.12. The van der Waals surface area contributed by atoms with Gasteiger partial charge in [0.1, 0.15) is 13.1 Å². The van der Waals surface area contributed by atoms with E-state index in [0.717, 1.165) is 25.9 Å². The van der Waals surface area contributed by atoms with Crippen molar-refractivity contribution >= 4 is 17.7 Å². The van der Waals surface area contributed by atoms with Crippen LogP contribution in [0.1, 0.15) is 12.8 Å². The SMILES string of the molecule is O=C1CN(C(=O)C2CCNCC2)CC(=O)N1. The van der Waals surface area contributed by atoms with Gasteiger partial charge in [-0.1, -0.05) is 0 Å². The quantitative estimate of drug-likeness (QED) is 0.531. The molecule has 0 atom stereocenters. The molecule has 0 aliphatic carbocycles. The van der Waals surface area contributed by atoms with Crippen LogP contribution in [0.5, 0.6) is 0 Å². The molecule has 0 spiro atoms. The largest absolute Gasteiger partial charge is 0.324 e. The first-order valence-corrected chi connectivity index (χ1v) is 5.49. The van der Waals surface area contributed by atoms with Crippen molar-refractivity contribution in [3.63, 3.8) is 0 Å². The Bertz CT molecular complexity index is 307. The third-order valence-electron chi connectivity index (χ3n) is 2.95. The van der Waals surface area contributed by atoms with E-state index in [1.807, 2.05) is 0 Å². The first-order chi connectivity index (χ1) is 7.66. The number of imide groups is 1. The number of amides is 3. The lowest BCUT2D eigenvalue weighted by Gasteiger charge is -2.30. The maximum Gasteiger partial charge on any atom is 0.246 e. The first-order valence-electron chi connectivity index (χ1n) is 5.49. The number of carbonyl (C=O) groups excluding carboxylic acids is 3. The lowest BCUT2D eigenvalue weighted by atomic mass is 9.96. The Hall–Kier alpha value is -1.43. The van der Waals surface area contributed by atoms with Crippen molar-refractivity contribution in [2.75, 3.05) is 26.2 Å². The van der Waals surface area contributed by atoms with Crippen molar-refractivity contribution in [2.45, 2.75) is 12.8 Å². The second kappa shape index (κ2) is 4.61. The van der Waals surface area contributed by atoms with Gasteiger partial charge in [-0.05, 0) is 25.9 Å². The van der Waals surface area contributed by atoms with E-state index in [9.17, 15) is 14.4 Å². The molecule has 0 aromatic carbocycles. The molecular formula is C10H15N3O3. The van der Waals surface area contributed by atoms with Gasteiger partial charge < -0.3 is 10.2 Å². The summed E-state index contributed by atoms with van der Waals surface area (Å²) >= 11 is 0. The molecule has 0 aromatic heterocycles. The molecule has 2 N–H and O–H groups in total. The predicted octanol–water partition coefficient (Wildman–Crippen LogP) is -1.53. The van der Waals surface area contributed by atoms with E-state index >= 15 is 0 Å². The van der Waals surface area contributed by atoms with Crippen molar-refractivity contribution in [3.8, 4) is 0 Å². The van der Waals surface area contributed by atoms with Crippen LogP contribution in [0.2, 0.25) is 0 Å². The lowest BCUT2D eigenvalue weighted by molar-refractivity contribution is -0.148. The summed E-state index contributed by atoms with van der Waals surface area (Å²) in [4.78, 5) is 35.6. The van der Waals surface area contributed by atoms with Gasteiger partial charge in [-0.25, -0.2) is 0 Å². The van der Waals surface area contributed by atoms with E-state index in [4.69, 9.17) is 0 Å². The van der Waals surface area contributed by atoms with Gasteiger partial charge in [-0.15, -0.1) is 0 Å². The average Bonchev–Trinajstić information content (AvgIpc) is 2.28. The van der Waals surface area contributed by atoms with Crippen molar-refractivity contribution in [1.29, 1.82) is 0 Å². The molecule has 16 heavy (non-hydrogen) atoms. The molecule has 6 nitrogen and oxygen atoms in total. The smallest absolute Gasteiger partial charge is 0.246 e. The molecule has 2 aliphatic rings. The zero-order valence-electron chi connectivity index (χ0n) is 8.99. The third kappa shape index (κ3) is 2.38. The van der Waals surface area contributed by atoms with E-state index in [1.165, 1.54) is 4.90 Å². The zero-order valence-corrected chi connectivity index (χ0v) is 8.99. The Kier molecular flexibility index (Phi) is 3.19. The third-order valence-corrected chi connectivity index (χ3v) is 2.95. The van der Waals surface area contributed by atoms with Crippen molar-refractivity contribution < 1.29 is 14.4 Å². The zero-order chi connectivity index (χ0) is 11.5. The van der Waals surface area contributed by atoms with Crippen LogP contribution >= 0.6 is 0 Å². The maximum atomic E-state index is 12.0. The summed E-state index contributed by atoms with van der Waals surface area (Å²) in [6.45, 7) is 1.66. The van der Waals surface area contributed by atoms with Gasteiger partial charge in [0.15, 0.2) is 0 Å². The molecule has 88 valence electrons. The van der Waals surface area contributed by atoms with E-state index < -0.39 is 11.8 Å². The van der Waals surface area contributed by atoms with Gasteiger partial charge in [-0.2, -0.15) is 0 Å². The van der Waals surface area contributed by atoms with E-state index in [0.29, 0.717) is 0 Å². The number of nitrogens with one attached hydrogen (secondary N) is 2. The molecular weight excluding hydrogens is 210 g/mol. The monoisotopic (exact) mass is 225 g/mol. The maximum absolute atomic E-state index is 12.0. The summed E-state index contributed by atoms with van der Waals surface area (Å²) in [5.41, 5.74) is 0. The van der Waals surface area contributed by atoms with Gasteiger partial charge in [0, 0.05) is 5.92 Å². The van der Waals surface area contributed by atoms with Crippen LogP contribution in [0.3, 0.4) is 0 Å². The summed E-state index contributed by atoms with van der Waals surface area (Å²) in [5, 5.41) is 5.36. The van der Waals surface area contributed by atoms with Crippen LogP contribution in [-0.4, -0.2) is 48.8 Å². The number of rotatable bonds is 1. The van der Waals surface area contributed by atoms with Gasteiger partial charge in [0.2, 0.25) is 17.7 Å². The minimum absolute atomic E-state index is 0.00843. The Morgan fingerprint density at radius 3 is 2.25 bits per heavy atom. The van der Waals surface area contributed by atoms with Gasteiger partial charge in [-0.3, -0.25) is 19.7 Å². The Morgan fingerprint density at radius 2 is 1.69 bits per heavy atom. The molecule has 0 unspecified atom stereocenters. The molecule has 2 rings (SSSR count). The van der Waals surface area contributed by atoms with Crippen LogP contribution in [0, 0.1) is 5.92 Å². The molecule has 0 aromatic rings. The summed E-state index contributed by atoms with van der Waals surface area (Å²) in [6.07, 6.45) is 1.57. The second-order valence-corrected chi connectivity index (χ2v) is 4.19. The number of piperidine rings is 1. The van der Waals surface area contributed by atoms with E-state index in [1.54, 1.807) is 0 Å². The normalized spacial score (nSPS) is 23.1. The van der Waals surface area contributed by atoms with E-state index in [-0.39, 0.29) is 24.9 Å². The number of hydrogen-bond acceptors (Lipinski definition) is 4. The highest BCUT2D eigenvalue weighted by Crippen LogP contribution is 2.15. The van der Waals surface area contributed by atoms with Crippen LogP contribution in [0.4, 0.5) is 0 Å². The highest BCUT2D eigenvalue weighted by atomic mass is 16.2. The molecule has 2 heterocycles. The van der Waals surface area contributed by atoms with Crippen LogP contribution < -0.4 is 10.6 Å². The summed E-state index contributed by atoms with van der Waals surface area (Å²) in [7, 11) is 0. The average molecular weight is 225 g/mol. The highest BCUT2D eigenvalue weighted by molar-refractivity contribution is 6.02. The number of carbonyl (C=O) groups is 3. The van der Waals surface area contributed by atoms with Crippen LogP contribution in [0.15, 0.2) is 0 Å². The van der Waals surface area contributed by atoms with Crippen LogP contribution in [-0.2, 0) is 14.4 Å². The standard InChI is InChI=1S/C10H15N3O3/c14-8-5-13(6-9(15)12-8)10(16)7-1-3-11-4-2-7/h7,11H,1-6H2,(H,12,14,15). The summed E-state index contributed by atoms with van der Waals surface area (Å²) in [5.74, 6) is -0.887. The summed E-state index contributed by atoms with van der Waals surface area (Å²) < 4.78 is 0. The van der Waals surface area contributed by atoms with Gasteiger partial charge in [0.25, 0.3) is 0 Å². The molecule has 3 amide bonds. The highest BCUT2D eigenvalue weighted by Gasteiger charge is 2.31. The molecule has 2 aliphatic heterocycles. The minimum atomic E-state index is -0.390. The molecule has 2 saturated heterocycles. The predicted molar refractivity (Wildman–Crippen MR) is 55.3 cm³/mol. The molecule has 0 radical (unpaired) electrons. The number of piperazine rings is 1. The van der Waals surface area contributed by atoms with Gasteiger partial charge >= 0.3 is 0 Å². The molecule has 0 saturated carbocycles. The fourth-order valence-electron chi connectivity index (χ4n) is 2.12. The lowest BCUT2D eigenvalue weighted by Crippen LogP contribution is -2.55. The van der Waals surface area contributed by atoms with Crippen molar-refractivity contribution in [2.24, 2.45) is 5.92 Å². The Balaban J connectivity index is 1.97. The first kappa shape index (κ1) is 11.1. The second-order valence-electron chi connectivity index (χ2n) is 4.19. The van der Waals surface area contributed by atoms with Gasteiger partial charge in [0.05, 0.1) is 0 Å². The molecule has 2 fully saturated rings. The van der Waals surface area contributed by atoms with Crippen molar-refractivity contribution in [1.82, 2.24) is 15.5 Å². The minimum Gasteiger partial charge on any atom is -0.324 e. The fraction of sp³-hybridized carbons (Fsp3) is 0.700. The summed E-state index contributed by atoms with van der Waals surface area (Å²) in [6, 6.07) is 0. The van der Waals surface area contributed by atoms with E-state index in [2.05, 4.69) is 10.6 Å². The van der Waals surface area contributed by atoms with Crippen molar-refractivity contribution in [3.05, 3.63) is 0 Å². The van der Waals surface area contributed by atoms with Crippen LogP contribution in [0.25, 0.3) is 0 Å². The number of nitrogens with zero attached hydrogens (tertiary/aromatic N) is 1. The Morgan fingerprint density at radius 1 is 1.12 bits per heavy atom. The Labute approximate surface area is 93.4 Å².